The largest absolute Gasteiger partial charge is 0.506 e. The lowest BCUT2D eigenvalue weighted by Crippen LogP contribution is -2.31. The first-order valence-corrected chi connectivity index (χ1v) is 9.08. The van der Waals surface area contributed by atoms with Crippen LogP contribution in [-0.2, 0) is 6.42 Å². The standard InChI is InChI=1S/C15H11Br3O6/c16-6-3-8(20)7(19)1-4(6)14-9(21)2-5-12(22)10(17)13(23)11(18)15(5)24-14/h1,3,9,14,19-23H,2H2/t9-,14+/m0/s1. The molecule has 6 nitrogen and oxygen atoms in total. The first-order chi connectivity index (χ1) is 11.2. The summed E-state index contributed by atoms with van der Waals surface area (Å²) in [5.41, 5.74) is 0.756. The fraction of sp³-hybridized carbons (Fsp3) is 0.200. The topological polar surface area (TPSA) is 110 Å². The van der Waals surface area contributed by atoms with Crippen LogP contribution in [0.4, 0.5) is 0 Å². The van der Waals surface area contributed by atoms with E-state index in [0.717, 1.165) is 0 Å². The van der Waals surface area contributed by atoms with Crippen LogP contribution in [0, 0.1) is 0 Å². The number of halogens is 3. The zero-order valence-electron chi connectivity index (χ0n) is 11.8. The number of phenolic OH excluding ortho intramolecular Hbond substituents is 4. The SMILES string of the molecule is Oc1cc(Br)c([C@H]2Oc3c(Br)c(O)c(Br)c(O)c3C[C@@H]2O)cc1O. The quantitative estimate of drug-likeness (QED) is 0.361. The van der Waals surface area contributed by atoms with E-state index in [1.54, 1.807) is 0 Å². The molecule has 0 aromatic heterocycles. The van der Waals surface area contributed by atoms with E-state index in [1.807, 2.05) is 0 Å². The summed E-state index contributed by atoms with van der Waals surface area (Å²) in [6, 6.07) is 2.58. The maximum atomic E-state index is 10.4. The smallest absolute Gasteiger partial charge is 0.158 e. The molecule has 0 saturated carbocycles. The summed E-state index contributed by atoms with van der Waals surface area (Å²) in [5.74, 6) is -0.903. The molecule has 0 amide bonds. The van der Waals surface area contributed by atoms with Crippen molar-refractivity contribution in [2.75, 3.05) is 0 Å². The van der Waals surface area contributed by atoms with Crippen LogP contribution in [0.2, 0.25) is 0 Å². The molecule has 9 heteroatoms. The summed E-state index contributed by atoms with van der Waals surface area (Å²) in [7, 11) is 0. The number of ether oxygens (including phenoxy) is 1. The second kappa shape index (κ2) is 6.29. The highest BCUT2D eigenvalue weighted by atomic mass is 79.9. The molecule has 0 bridgehead atoms. The van der Waals surface area contributed by atoms with Gasteiger partial charge in [0.05, 0.1) is 6.10 Å². The Morgan fingerprint density at radius 2 is 1.54 bits per heavy atom. The number of phenols is 4. The third-order valence-electron chi connectivity index (χ3n) is 3.79. The van der Waals surface area contributed by atoms with Crippen LogP contribution < -0.4 is 4.74 Å². The minimum atomic E-state index is -1.02. The van der Waals surface area contributed by atoms with E-state index in [-0.39, 0.29) is 44.1 Å². The normalized spacial score (nSPS) is 19.7. The summed E-state index contributed by atoms with van der Waals surface area (Å²) in [6.45, 7) is 0. The highest BCUT2D eigenvalue weighted by molar-refractivity contribution is 9.11. The minimum Gasteiger partial charge on any atom is -0.506 e. The van der Waals surface area contributed by atoms with E-state index in [0.29, 0.717) is 15.6 Å². The second-order valence-electron chi connectivity index (χ2n) is 5.31. The Morgan fingerprint density at radius 1 is 0.917 bits per heavy atom. The molecular weight excluding hydrogens is 516 g/mol. The zero-order valence-corrected chi connectivity index (χ0v) is 16.6. The molecule has 1 aliphatic rings. The van der Waals surface area contributed by atoms with Gasteiger partial charge in [-0.3, -0.25) is 0 Å². The van der Waals surface area contributed by atoms with Gasteiger partial charge in [0.2, 0.25) is 0 Å². The third kappa shape index (κ3) is 2.73. The zero-order chi connectivity index (χ0) is 17.8. The van der Waals surface area contributed by atoms with Crippen LogP contribution >= 0.6 is 47.8 Å². The molecule has 2 atom stereocenters. The maximum absolute atomic E-state index is 10.4. The first kappa shape index (κ1) is 17.7. The van der Waals surface area contributed by atoms with Crippen molar-refractivity contribution in [3.05, 3.63) is 36.7 Å². The van der Waals surface area contributed by atoms with Gasteiger partial charge >= 0.3 is 0 Å². The highest BCUT2D eigenvalue weighted by Gasteiger charge is 2.36. The Balaban J connectivity index is 2.12. The van der Waals surface area contributed by atoms with Gasteiger partial charge in [-0.15, -0.1) is 0 Å². The van der Waals surface area contributed by atoms with Crippen LogP contribution in [0.3, 0.4) is 0 Å². The Labute approximate surface area is 161 Å². The molecule has 3 rings (SSSR count). The van der Waals surface area contributed by atoms with Crippen molar-refractivity contribution in [2.24, 2.45) is 0 Å². The predicted octanol–water partition coefficient (Wildman–Crippen LogP) is 3.83. The van der Waals surface area contributed by atoms with E-state index in [9.17, 15) is 25.5 Å². The number of hydrogen-bond acceptors (Lipinski definition) is 6. The van der Waals surface area contributed by atoms with Crippen LogP contribution in [-0.4, -0.2) is 31.6 Å². The Kier molecular flexibility index (Phi) is 4.63. The molecule has 24 heavy (non-hydrogen) atoms. The van der Waals surface area contributed by atoms with E-state index in [1.165, 1.54) is 12.1 Å². The van der Waals surface area contributed by atoms with Crippen LogP contribution in [0.1, 0.15) is 17.2 Å². The van der Waals surface area contributed by atoms with E-state index in [2.05, 4.69) is 47.8 Å². The van der Waals surface area contributed by atoms with E-state index in [4.69, 9.17) is 4.74 Å². The number of aliphatic hydroxyl groups is 1. The molecule has 2 aromatic rings. The average Bonchev–Trinajstić information content (AvgIpc) is 2.54. The molecule has 0 saturated heterocycles. The molecule has 128 valence electrons. The number of rotatable bonds is 1. The van der Waals surface area contributed by atoms with Gasteiger partial charge in [-0.05, 0) is 44.0 Å². The summed E-state index contributed by atoms with van der Waals surface area (Å²) >= 11 is 9.56. The predicted molar refractivity (Wildman–Crippen MR) is 95.7 cm³/mol. The minimum absolute atomic E-state index is 0.0669. The summed E-state index contributed by atoms with van der Waals surface area (Å²) in [4.78, 5) is 0. The fourth-order valence-corrected chi connectivity index (χ4v) is 4.37. The van der Waals surface area contributed by atoms with Crippen LogP contribution in [0.5, 0.6) is 28.7 Å². The molecular formula is C15H11Br3O6. The fourth-order valence-electron chi connectivity index (χ4n) is 2.58. The molecule has 0 unspecified atom stereocenters. The van der Waals surface area contributed by atoms with Gasteiger partial charge in [0.15, 0.2) is 23.4 Å². The van der Waals surface area contributed by atoms with Gasteiger partial charge in [-0.1, -0.05) is 15.9 Å². The van der Waals surface area contributed by atoms with Gasteiger partial charge < -0.3 is 30.3 Å². The monoisotopic (exact) mass is 524 g/mol. The Morgan fingerprint density at radius 3 is 2.21 bits per heavy atom. The van der Waals surface area contributed by atoms with Crippen molar-refractivity contribution in [3.8, 4) is 28.7 Å². The first-order valence-electron chi connectivity index (χ1n) is 6.70. The number of hydrogen-bond donors (Lipinski definition) is 5. The van der Waals surface area contributed by atoms with Crippen molar-refractivity contribution >= 4 is 47.8 Å². The molecule has 0 spiro atoms. The molecule has 5 N–H and O–H groups in total. The lowest BCUT2D eigenvalue weighted by Gasteiger charge is -2.33. The van der Waals surface area contributed by atoms with Crippen molar-refractivity contribution in [2.45, 2.75) is 18.6 Å². The van der Waals surface area contributed by atoms with Gasteiger partial charge in [0.25, 0.3) is 0 Å². The van der Waals surface area contributed by atoms with Crippen molar-refractivity contribution < 1.29 is 30.3 Å². The average molecular weight is 527 g/mol. The molecule has 0 radical (unpaired) electrons. The number of aromatic hydroxyl groups is 4. The molecule has 0 fully saturated rings. The van der Waals surface area contributed by atoms with Crippen molar-refractivity contribution in [3.63, 3.8) is 0 Å². The summed E-state index contributed by atoms with van der Waals surface area (Å²) < 4.78 is 6.57. The number of aliphatic hydroxyl groups excluding tert-OH is 1. The molecule has 1 heterocycles. The summed E-state index contributed by atoms with van der Waals surface area (Å²) in [5, 5.41) is 49.9. The maximum Gasteiger partial charge on any atom is 0.158 e. The summed E-state index contributed by atoms with van der Waals surface area (Å²) in [6.07, 6.45) is -1.83. The van der Waals surface area contributed by atoms with E-state index >= 15 is 0 Å². The van der Waals surface area contributed by atoms with Gasteiger partial charge in [-0.25, -0.2) is 0 Å². The van der Waals surface area contributed by atoms with Crippen LogP contribution in [0.15, 0.2) is 25.6 Å². The second-order valence-corrected chi connectivity index (χ2v) is 7.75. The van der Waals surface area contributed by atoms with Gasteiger partial charge in [0.1, 0.15) is 20.4 Å². The van der Waals surface area contributed by atoms with Crippen molar-refractivity contribution in [1.29, 1.82) is 0 Å². The number of benzene rings is 2. The lowest BCUT2D eigenvalue weighted by molar-refractivity contribution is 0.0186. The van der Waals surface area contributed by atoms with Gasteiger partial charge in [0, 0.05) is 22.0 Å². The number of fused-ring (bicyclic) bond motifs is 1. The lowest BCUT2D eigenvalue weighted by atomic mass is 9.94. The highest BCUT2D eigenvalue weighted by Crippen LogP contribution is 2.53. The Hall–Kier alpha value is -1.16. The van der Waals surface area contributed by atoms with E-state index < -0.39 is 12.2 Å². The van der Waals surface area contributed by atoms with Crippen molar-refractivity contribution in [1.82, 2.24) is 0 Å². The van der Waals surface area contributed by atoms with Crippen LogP contribution in [0.25, 0.3) is 0 Å². The van der Waals surface area contributed by atoms with Gasteiger partial charge in [-0.2, -0.15) is 0 Å². The molecule has 2 aromatic carbocycles. The Bertz CT molecular complexity index is 839. The molecule has 0 aliphatic carbocycles. The third-order valence-corrected chi connectivity index (χ3v) is 5.96. The molecule has 1 aliphatic heterocycles.